The van der Waals surface area contributed by atoms with Crippen LogP contribution in [0.25, 0.3) is 94.7 Å². The van der Waals surface area contributed by atoms with Gasteiger partial charge in [0.25, 0.3) is 0 Å². The zero-order chi connectivity index (χ0) is 35.1. The summed E-state index contributed by atoms with van der Waals surface area (Å²) in [5.41, 5.74) is 10.7. The first-order chi connectivity index (χ1) is 26.3. The van der Waals surface area contributed by atoms with Crippen molar-refractivity contribution >= 4 is 32.6 Å². The highest BCUT2D eigenvalue weighted by molar-refractivity contribution is 6.11. The second-order valence-electron chi connectivity index (χ2n) is 13.2. The van der Waals surface area contributed by atoms with Crippen molar-refractivity contribution in [3.05, 3.63) is 194 Å². The molecule has 0 amide bonds. The highest BCUT2D eigenvalue weighted by Gasteiger charge is 2.20. The van der Waals surface area contributed by atoms with Gasteiger partial charge in [0.15, 0.2) is 17.5 Å². The average Bonchev–Trinajstić information content (AvgIpc) is 3.58. The molecular weight excluding hydrogens is 645 g/mol. The zero-order valence-electron chi connectivity index (χ0n) is 28.8. The number of hydrogen-bond donors (Lipinski definition) is 0. The minimum absolute atomic E-state index is 0.626. The van der Waals surface area contributed by atoms with E-state index in [0.29, 0.717) is 17.5 Å². The van der Waals surface area contributed by atoms with Crippen LogP contribution < -0.4 is 0 Å². The minimum Gasteiger partial charge on any atom is -0.309 e. The molecule has 0 fully saturated rings. The van der Waals surface area contributed by atoms with Crippen LogP contribution in [0.3, 0.4) is 0 Å². The lowest BCUT2D eigenvalue weighted by Crippen LogP contribution is -2.03. The summed E-state index contributed by atoms with van der Waals surface area (Å²) in [5, 5.41) is 4.66. The van der Waals surface area contributed by atoms with E-state index in [1.54, 1.807) is 0 Å². The molecule has 0 N–H and O–H groups in total. The maximum atomic E-state index is 5.30. The summed E-state index contributed by atoms with van der Waals surface area (Å²) in [4.78, 5) is 15.9. The fourth-order valence-corrected chi connectivity index (χ4v) is 7.69. The fourth-order valence-electron chi connectivity index (χ4n) is 7.69. The van der Waals surface area contributed by atoms with Crippen molar-refractivity contribution in [1.82, 2.24) is 19.5 Å². The van der Waals surface area contributed by atoms with Crippen LogP contribution in [0.1, 0.15) is 0 Å². The number of benzene rings is 8. The summed E-state index contributed by atoms with van der Waals surface area (Å²) in [6, 6.07) is 67.9. The van der Waals surface area contributed by atoms with E-state index in [-0.39, 0.29) is 0 Å². The lowest BCUT2D eigenvalue weighted by Gasteiger charge is -2.16. The molecule has 0 radical (unpaired) electrons. The van der Waals surface area contributed by atoms with Gasteiger partial charge >= 0.3 is 0 Å². The van der Waals surface area contributed by atoms with Crippen LogP contribution in [0.15, 0.2) is 194 Å². The van der Waals surface area contributed by atoms with Crippen LogP contribution in [0.5, 0.6) is 0 Å². The molecule has 0 spiro atoms. The Balaban J connectivity index is 1.24. The molecule has 0 aliphatic carbocycles. The lowest BCUT2D eigenvalue weighted by molar-refractivity contribution is 1.08. The molecule has 0 aliphatic rings. The molecule has 4 heteroatoms. The molecule has 0 saturated heterocycles. The molecule has 10 aromatic rings. The molecule has 2 heterocycles. The van der Waals surface area contributed by atoms with Gasteiger partial charge in [0.1, 0.15) is 0 Å². The molecule has 0 saturated carbocycles. The van der Waals surface area contributed by atoms with Gasteiger partial charge in [-0.1, -0.05) is 170 Å². The van der Waals surface area contributed by atoms with E-state index in [0.717, 1.165) is 55.4 Å². The van der Waals surface area contributed by atoms with Crippen molar-refractivity contribution < 1.29 is 0 Å². The second kappa shape index (κ2) is 12.9. The van der Waals surface area contributed by atoms with Crippen LogP contribution in [0.4, 0.5) is 0 Å². The van der Waals surface area contributed by atoms with Crippen LogP contribution in [0.2, 0.25) is 0 Å². The van der Waals surface area contributed by atoms with E-state index in [2.05, 4.69) is 187 Å². The highest BCUT2D eigenvalue weighted by atomic mass is 15.0. The van der Waals surface area contributed by atoms with Crippen LogP contribution >= 0.6 is 0 Å². The Bertz CT molecular complexity index is 2790. The van der Waals surface area contributed by atoms with Crippen LogP contribution in [0, 0.1) is 0 Å². The largest absolute Gasteiger partial charge is 0.309 e. The number of rotatable bonds is 6. The van der Waals surface area contributed by atoms with Gasteiger partial charge in [-0.2, -0.15) is 0 Å². The van der Waals surface area contributed by atoms with E-state index in [9.17, 15) is 0 Å². The summed E-state index contributed by atoms with van der Waals surface area (Å²) >= 11 is 0. The topological polar surface area (TPSA) is 43.6 Å². The standard InChI is InChI=1S/C49H32N4/c1-3-17-33(18-4-1)35-21-7-11-27-41(35)47-50-48(42-28-12-8-22-36(42)34-19-5-2-6-20-34)52-49(51-47)43-31-32-46(38-24-10-9-23-37(38)43)53-44-29-15-13-25-39(44)40-26-14-16-30-45(40)53/h1-32H. The maximum absolute atomic E-state index is 5.30. The van der Waals surface area contributed by atoms with Crippen molar-refractivity contribution in [3.63, 3.8) is 0 Å². The van der Waals surface area contributed by atoms with Crippen molar-refractivity contribution in [3.8, 4) is 62.1 Å². The fraction of sp³-hybridized carbons (Fsp3) is 0. The minimum atomic E-state index is 0.626. The third-order valence-electron chi connectivity index (χ3n) is 10.1. The first-order valence-corrected chi connectivity index (χ1v) is 17.9. The summed E-state index contributed by atoms with van der Waals surface area (Å²) in [5.74, 6) is 1.88. The average molecular weight is 677 g/mol. The quantitative estimate of drug-likeness (QED) is 0.176. The Hall–Kier alpha value is -7.17. The van der Waals surface area contributed by atoms with E-state index in [4.69, 9.17) is 15.0 Å². The van der Waals surface area contributed by atoms with E-state index < -0.39 is 0 Å². The number of aromatic nitrogens is 4. The molecule has 0 bridgehead atoms. The van der Waals surface area contributed by atoms with Crippen molar-refractivity contribution in [2.45, 2.75) is 0 Å². The molecule has 0 atom stereocenters. The number of fused-ring (bicyclic) bond motifs is 4. The second-order valence-corrected chi connectivity index (χ2v) is 13.2. The smallest absolute Gasteiger partial charge is 0.164 e. The Morgan fingerprint density at radius 1 is 0.264 bits per heavy atom. The highest BCUT2D eigenvalue weighted by Crippen LogP contribution is 2.39. The van der Waals surface area contributed by atoms with E-state index in [1.165, 1.54) is 21.8 Å². The van der Waals surface area contributed by atoms with Gasteiger partial charge in [0.05, 0.1) is 16.7 Å². The van der Waals surface area contributed by atoms with Gasteiger partial charge in [0.2, 0.25) is 0 Å². The third kappa shape index (κ3) is 5.28. The normalized spacial score (nSPS) is 11.4. The Kier molecular flexibility index (Phi) is 7.43. The predicted molar refractivity (Wildman–Crippen MR) is 219 cm³/mol. The van der Waals surface area contributed by atoms with Gasteiger partial charge < -0.3 is 4.57 Å². The monoisotopic (exact) mass is 676 g/mol. The van der Waals surface area contributed by atoms with E-state index >= 15 is 0 Å². The van der Waals surface area contributed by atoms with Crippen molar-refractivity contribution in [2.24, 2.45) is 0 Å². The zero-order valence-corrected chi connectivity index (χ0v) is 28.8. The molecule has 248 valence electrons. The van der Waals surface area contributed by atoms with Crippen LogP contribution in [-0.2, 0) is 0 Å². The van der Waals surface area contributed by atoms with Gasteiger partial charge in [0, 0.05) is 32.8 Å². The Labute approximate surface area is 307 Å². The maximum Gasteiger partial charge on any atom is 0.164 e. The van der Waals surface area contributed by atoms with Gasteiger partial charge in [-0.25, -0.2) is 15.0 Å². The molecule has 0 aliphatic heterocycles. The molecule has 4 nitrogen and oxygen atoms in total. The number of hydrogen-bond acceptors (Lipinski definition) is 3. The summed E-state index contributed by atoms with van der Waals surface area (Å²) < 4.78 is 2.38. The molecule has 0 unspecified atom stereocenters. The summed E-state index contributed by atoms with van der Waals surface area (Å²) in [6.45, 7) is 0. The molecule has 8 aromatic carbocycles. The Morgan fingerprint density at radius 3 is 1.15 bits per heavy atom. The van der Waals surface area contributed by atoms with E-state index in [1.807, 2.05) is 12.1 Å². The molecule has 10 rings (SSSR count). The Morgan fingerprint density at radius 2 is 0.642 bits per heavy atom. The van der Waals surface area contributed by atoms with Crippen molar-refractivity contribution in [1.29, 1.82) is 0 Å². The molecule has 2 aromatic heterocycles. The number of nitrogens with zero attached hydrogens (tertiary/aromatic N) is 4. The first-order valence-electron chi connectivity index (χ1n) is 17.9. The first kappa shape index (κ1) is 30.6. The molecule has 53 heavy (non-hydrogen) atoms. The van der Waals surface area contributed by atoms with Crippen molar-refractivity contribution in [2.75, 3.05) is 0 Å². The molecular formula is C49H32N4. The van der Waals surface area contributed by atoms with Gasteiger partial charge in [-0.3, -0.25) is 0 Å². The van der Waals surface area contributed by atoms with Crippen LogP contribution in [-0.4, -0.2) is 19.5 Å². The lowest BCUT2D eigenvalue weighted by atomic mass is 9.97. The van der Waals surface area contributed by atoms with Gasteiger partial charge in [-0.05, 0) is 51.9 Å². The third-order valence-corrected chi connectivity index (χ3v) is 10.1. The summed E-state index contributed by atoms with van der Waals surface area (Å²) in [6.07, 6.45) is 0. The predicted octanol–water partition coefficient (Wildman–Crippen LogP) is 12.5. The van der Waals surface area contributed by atoms with Gasteiger partial charge in [-0.15, -0.1) is 0 Å². The summed E-state index contributed by atoms with van der Waals surface area (Å²) in [7, 11) is 0. The number of para-hydroxylation sites is 2. The SMILES string of the molecule is c1ccc(-c2ccccc2-c2nc(-c3ccccc3-c3ccccc3)nc(-c3ccc(-n4c5ccccc5c5ccccc54)c4ccccc34)n2)cc1.